The first-order valence-electron chi connectivity index (χ1n) is 5.68. The van der Waals surface area contributed by atoms with Crippen LogP contribution in [-0.4, -0.2) is 18.6 Å². The van der Waals surface area contributed by atoms with Crippen LogP contribution in [0, 0.1) is 11.6 Å². The van der Waals surface area contributed by atoms with Crippen LogP contribution >= 0.6 is 0 Å². The summed E-state index contributed by atoms with van der Waals surface area (Å²) in [4.78, 5) is 0. The molecular weight excluding hydrogens is 210 g/mol. The zero-order valence-electron chi connectivity index (χ0n) is 8.84. The standard InChI is InChI=1S/C12H14F2N2/c13-7-1-2-8(9(14)5-7)11-6-12-10(16-11)3-4-15-12/h1-2,5,10-12,15-16H,3-4,6H2. The first-order chi connectivity index (χ1) is 7.74. The summed E-state index contributed by atoms with van der Waals surface area (Å²) in [6, 6.07) is 4.72. The summed E-state index contributed by atoms with van der Waals surface area (Å²) in [6.07, 6.45) is 1.97. The Hall–Kier alpha value is -1.00. The lowest BCUT2D eigenvalue weighted by Crippen LogP contribution is -2.30. The van der Waals surface area contributed by atoms with Gasteiger partial charge in [-0.3, -0.25) is 0 Å². The van der Waals surface area contributed by atoms with Crippen LogP contribution in [0.2, 0.25) is 0 Å². The molecule has 86 valence electrons. The zero-order valence-corrected chi connectivity index (χ0v) is 8.84. The van der Waals surface area contributed by atoms with E-state index in [1.165, 1.54) is 6.07 Å². The van der Waals surface area contributed by atoms with E-state index in [2.05, 4.69) is 10.6 Å². The van der Waals surface area contributed by atoms with Crippen molar-refractivity contribution >= 4 is 0 Å². The van der Waals surface area contributed by atoms with Crippen molar-refractivity contribution in [1.82, 2.24) is 10.6 Å². The molecule has 0 saturated carbocycles. The average molecular weight is 224 g/mol. The van der Waals surface area contributed by atoms with E-state index in [0.717, 1.165) is 25.5 Å². The van der Waals surface area contributed by atoms with Crippen LogP contribution in [-0.2, 0) is 0 Å². The van der Waals surface area contributed by atoms with Gasteiger partial charge in [-0.2, -0.15) is 0 Å². The molecule has 0 spiro atoms. The summed E-state index contributed by atoms with van der Waals surface area (Å²) in [5, 5.41) is 6.79. The third-order valence-corrected chi connectivity index (χ3v) is 3.59. The van der Waals surface area contributed by atoms with Gasteiger partial charge in [0.05, 0.1) is 0 Å². The minimum absolute atomic E-state index is 0.0170. The van der Waals surface area contributed by atoms with Gasteiger partial charge in [0.1, 0.15) is 11.6 Å². The van der Waals surface area contributed by atoms with Gasteiger partial charge >= 0.3 is 0 Å². The number of halogens is 2. The molecule has 2 nitrogen and oxygen atoms in total. The lowest BCUT2D eigenvalue weighted by Gasteiger charge is -2.14. The molecule has 0 aliphatic carbocycles. The van der Waals surface area contributed by atoms with Gasteiger partial charge in [0.2, 0.25) is 0 Å². The Bertz CT molecular complexity index is 396. The van der Waals surface area contributed by atoms with E-state index < -0.39 is 11.6 Å². The molecule has 0 bridgehead atoms. The molecule has 2 heterocycles. The van der Waals surface area contributed by atoms with E-state index in [9.17, 15) is 8.78 Å². The van der Waals surface area contributed by atoms with Crippen molar-refractivity contribution in [2.45, 2.75) is 31.0 Å². The maximum atomic E-state index is 13.6. The molecule has 0 radical (unpaired) electrons. The van der Waals surface area contributed by atoms with Gasteiger partial charge in [0.25, 0.3) is 0 Å². The molecule has 2 fully saturated rings. The molecular formula is C12H14F2N2. The summed E-state index contributed by atoms with van der Waals surface area (Å²) in [6.45, 7) is 1.03. The Morgan fingerprint density at radius 3 is 2.81 bits per heavy atom. The number of rotatable bonds is 1. The van der Waals surface area contributed by atoms with Crippen LogP contribution in [0.5, 0.6) is 0 Å². The van der Waals surface area contributed by atoms with Crippen LogP contribution < -0.4 is 10.6 Å². The van der Waals surface area contributed by atoms with Crippen LogP contribution in [0.15, 0.2) is 18.2 Å². The number of benzene rings is 1. The highest BCUT2D eigenvalue weighted by Gasteiger charge is 2.37. The summed E-state index contributed by atoms with van der Waals surface area (Å²) < 4.78 is 26.4. The third-order valence-electron chi connectivity index (χ3n) is 3.59. The Labute approximate surface area is 93.0 Å². The first-order valence-corrected chi connectivity index (χ1v) is 5.68. The Balaban J connectivity index is 1.83. The molecule has 3 unspecified atom stereocenters. The molecule has 2 N–H and O–H groups in total. The van der Waals surface area contributed by atoms with Crippen molar-refractivity contribution in [3.05, 3.63) is 35.4 Å². The molecule has 2 saturated heterocycles. The second-order valence-corrected chi connectivity index (χ2v) is 4.58. The minimum atomic E-state index is -0.516. The highest BCUT2D eigenvalue weighted by atomic mass is 19.1. The predicted octanol–water partition coefficient (Wildman–Crippen LogP) is 1.73. The molecule has 0 amide bonds. The molecule has 1 aromatic carbocycles. The highest BCUT2D eigenvalue weighted by molar-refractivity contribution is 5.24. The van der Waals surface area contributed by atoms with E-state index >= 15 is 0 Å². The van der Waals surface area contributed by atoms with E-state index in [0.29, 0.717) is 17.6 Å². The molecule has 2 aliphatic heterocycles. The normalized spacial score (nSPS) is 33.0. The Morgan fingerprint density at radius 2 is 2.06 bits per heavy atom. The van der Waals surface area contributed by atoms with E-state index in [1.54, 1.807) is 6.07 Å². The average Bonchev–Trinajstić information content (AvgIpc) is 2.76. The maximum absolute atomic E-state index is 13.6. The quantitative estimate of drug-likeness (QED) is 0.759. The molecule has 16 heavy (non-hydrogen) atoms. The SMILES string of the molecule is Fc1ccc(C2CC3NCCC3N2)c(F)c1. The summed E-state index contributed by atoms with van der Waals surface area (Å²) in [5.41, 5.74) is 0.581. The smallest absolute Gasteiger partial charge is 0.130 e. The number of fused-ring (bicyclic) bond motifs is 1. The molecule has 3 rings (SSSR count). The molecule has 2 aliphatic rings. The minimum Gasteiger partial charge on any atom is -0.312 e. The van der Waals surface area contributed by atoms with E-state index in [-0.39, 0.29) is 6.04 Å². The van der Waals surface area contributed by atoms with Gasteiger partial charge in [-0.25, -0.2) is 8.78 Å². The van der Waals surface area contributed by atoms with Crippen molar-refractivity contribution in [1.29, 1.82) is 0 Å². The monoisotopic (exact) mass is 224 g/mol. The fourth-order valence-corrected chi connectivity index (χ4v) is 2.80. The van der Waals surface area contributed by atoms with Gasteiger partial charge in [0, 0.05) is 29.8 Å². The second-order valence-electron chi connectivity index (χ2n) is 4.58. The van der Waals surface area contributed by atoms with Gasteiger partial charge in [-0.15, -0.1) is 0 Å². The van der Waals surface area contributed by atoms with Gasteiger partial charge in [-0.1, -0.05) is 6.07 Å². The first kappa shape index (κ1) is 10.2. The summed E-state index contributed by atoms with van der Waals surface area (Å²) in [5.74, 6) is -0.963. The van der Waals surface area contributed by atoms with Crippen molar-refractivity contribution in [2.24, 2.45) is 0 Å². The van der Waals surface area contributed by atoms with E-state index in [4.69, 9.17) is 0 Å². The Kier molecular flexibility index (Phi) is 2.41. The predicted molar refractivity (Wildman–Crippen MR) is 57.0 cm³/mol. The molecule has 0 aromatic heterocycles. The summed E-state index contributed by atoms with van der Waals surface area (Å²) >= 11 is 0. The van der Waals surface area contributed by atoms with Crippen LogP contribution in [0.3, 0.4) is 0 Å². The van der Waals surface area contributed by atoms with Crippen LogP contribution in [0.4, 0.5) is 8.78 Å². The van der Waals surface area contributed by atoms with Crippen LogP contribution in [0.25, 0.3) is 0 Å². The topological polar surface area (TPSA) is 24.1 Å². The molecule has 4 heteroatoms. The van der Waals surface area contributed by atoms with Gasteiger partial charge in [0.15, 0.2) is 0 Å². The summed E-state index contributed by atoms with van der Waals surface area (Å²) in [7, 11) is 0. The van der Waals surface area contributed by atoms with Gasteiger partial charge in [-0.05, 0) is 25.5 Å². The zero-order chi connectivity index (χ0) is 11.1. The third kappa shape index (κ3) is 1.62. The second kappa shape index (κ2) is 3.79. The van der Waals surface area contributed by atoms with Crippen molar-refractivity contribution in [3.63, 3.8) is 0 Å². The maximum Gasteiger partial charge on any atom is 0.130 e. The Morgan fingerprint density at radius 1 is 1.19 bits per heavy atom. The van der Waals surface area contributed by atoms with Crippen molar-refractivity contribution in [2.75, 3.05) is 6.54 Å². The number of hydrogen-bond acceptors (Lipinski definition) is 2. The fraction of sp³-hybridized carbons (Fsp3) is 0.500. The van der Waals surface area contributed by atoms with Crippen LogP contribution in [0.1, 0.15) is 24.4 Å². The van der Waals surface area contributed by atoms with Crippen molar-refractivity contribution in [3.8, 4) is 0 Å². The molecule has 3 atom stereocenters. The highest BCUT2D eigenvalue weighted by Crippen LogP contribution is 2.31. The van der Waals surface area contributed by atoms with Gasteiger partial charge < -0.3 is 10.6 Å². The number of nitrogens with one attached hydrogen (secondary N) is 2. The fourth-order valence-electron chi connectivity index (χ4n) is 2.80. The largest absolute Gasteiger partial charge is 0.312 e. The van der Waals surface area contributed by atoms with E-state index in [1.807, 2.05) is 0 Å². The lowest BCUT2D eigenvalue weighted by atomic mass is 10.0. The van der Waals surface area contributed by atoms with Crippen molar-refractivity contribution < 1.29 is 8.78 Å². The molecule has 1 aromatic rings. The number of hydrogen-bond donors (Lipinski definition) is 2. The lowest BCUT2D eigenvalue weighted by molar-refractivity contribution is 0.512.